The van der Waals surface area contributed by atoms with E-state index in [1.165, 1.54) is 0 Å². The highest BCUT2D eigenvalue weighted by molar-refractivity contribution is 5.91. The van der Waals surface area contributed by atoms with Crippen molar-refractivity contribution < 1.29 is 9.53 Å². The zero-order valence-corrected chi connectivity index (χ0v) is 21.1. The molecule has 2 aromatic rings. The molecule has 3 nitrogen and oxygen atoms in total. The summed E-state index contributed by atoms with van der Waals surface area (Å²) in [5.41, 5.74) is 2.87. The van der Waals surface area contributed by atoms with E-state index in [0.717, 1.165) is 42.5 Å². The van der Waals surface area contributed by atoms with Gasteiger partial charge in [0.05, 0.1) is 5.69 Å². The highest BCUT2D eigenvalue weighted by Gasteiger charge is 2.34. The lowest BCUT2D eigenvalue weighted by molar-refractivity contribution is 0.110. The van der Waals surface area contributed by atoms with Gasteiger partial charge in [0.25, 0.3) is 0 Å². The first-order valence-electron chi connectivity index (χ1n) is 12.3. The third-order valence-electron chi connectivity index (χ3n) is 5.37. The fourth-order valence-corrected chi connectivity index (χ4v) is 4.01. The fraction of sp³-hybridized carbons (Fsp3) is 0.536. The Labute approximate surface area is 191 Å². The van der Waals surface area contributed by atoms with Crippen LogP contribution in [-0.4, -0.2) is 12.2 Å². The zero-order chi connectivity index (χ0) is 23.6. The van der Waals surface area contributed by atoms with Gasteiger partial charge in [-0.15, -0.1) is 0 Å². The maximum atomic E-state index is 12.4. The van der Waals surface area contributed by atoms with E-state index in [1.54, 1.807) is 0 Å². The number of carbonyl (C=O) groups excluding carboxylic acids is 1. The second-order valence-electron chi connectivity index (χ2n) is 6.87. The SMILES string of the molecule is CC.CC.CC.CCC1CC(OC(=O)Nc2ccccc2-c2ccccc2)CC1CC. The van der Waals surface area contributed by atoms with E-state index in [4.69, 9.17) is 4.74 Å². The van der Waals surface area contributed by atoms with Crippen LogP contribution in [0.5, 0.6) is 0 Å². The van der Waals surface area contributed by atoms with E-state index in [9.17, 15) is 4.79 Å². The van der Waals surface area contributed by atoms with Gasteiger partial charge in [0.2, 0.25) is 0 Å². The molecule has 0 radical (unpaired) electrons. The number of rotatable bonds is 5. The first-order valence-corrected chi connectivity index (χ1v) is 12.3. The van der Waals surface area contributed by atoms with Crippen molar-refractivity contribution in [3.63, 3.8) is 0 Å². The summed E-state index contributed by atoms with van der Waals surface area (Å²) in [6.45, 7) is 16.5. The summed E-state index contributed by atoms with van der Waals surface area (Å²) in [5.74, 6) is 1.36. The molecule has 3 rings (SSSR count). The molecule has 174 valence electrons. The summed E-state index contributed by atoms with van der Waals surface area (Å²) >= 11 is 0. The maximum Gasteiger partial charge on any atom is 0.411 e. The first-order chi connectivity index (χ1) is 15.2. The Morgan fingerprint density at radius 2 is 1.29 bits per heavy atom. The molecule has 1 amide bonds. The van der Waals surface area contributed by atoms with Crippen molar-refractivity contribution in [2.45, 2.75) is 87.2 Å². The summed E-state index contributed by atoms with van der Waals surface area (Å²) in [7, 11) is 0. The molecule has 0 bridgehead atoms. The van der Waals surface area contributed by atoms with E-state index in [0.29, 0.717) is 11.8 Å². The van der Waals surface area contributed by atoms with E-state index in [2.05, 4.69) is 19.2 Å². The monoisotopic (exact) mass is 427 g/mol. The molecule has 1 N–H and O–H groups in total. The van der Waals surface area contributed by atoms with Gasteiger partial charge in [0.1, 0.15) is 6.10 Å². The average Bonchev–Trinajstić information content (AvgIpc) is 3.25. The Balaban J connectivity index is 0.00000138. The van der Waals surface area contributed by atoms with Crippen LogP contribution < -0.4 is 5.32 Å². The van der Waals surface area contributed by atoms with Crippen molar-refractivity contribution >= 4 is 11.8 Å². The quantitative estimate of drug-likeness (QED) is 0.516. The molecule has 0 aliphatic heterocycles. The lowest BCUT2D eigenvalue weighted by Gasteiger charge is -2.15. The minimum Gasteiger partial charge on any atom is -0.446 e. The van der Waals surface area contributed by atoms with Crippen LogP contribution >= 0.6 is 0 Å². The van der Waals surface area contributed by atoms with Crippen molar-refractivity contribution in [1.29, 1.82) is 0 Å². The molecule has 2 aromatic carbocycles. The number of hydrogen-bond acceptors (Lipinski definition) is 2. The largest absolute Gasteiger partial charge is 0.446 e. The molecule has 2 atom stereocenters. The fourth-order valence-electron chi connectivity index (χ4n) is 4.01. The second kappa shape index (κ2) is 17.4. The summed E-state index contributed by atoms with van der Waals surface area (Å²) in [6.07, 6.45) is 4.00. The Hall–Kier alpha value is -2.29. The van der Waals surface area contributed by atoms with Crippen LogP contribution in [-0.2, 0) is 4.74 Å². The zero-order valence-electron chi connectivity index (χ0n) is 21.1. The molecular formula is C28H45NO2. The van der Waals surface area contributed by atoms with Crippen molar-refractivity contribution in [1.82, 2.24) is 0 Å². The molecule has 2 unspecified atom stereocenters. The number of amides is 1. The highest BCUT2D eigenvalue weighted by atomic mass is 16.6. The molecular weight excluding hydrogens is 382 g/mol. The molecule has 31 heavy (non-hydrogen) atoms. The second-order valence-corrected chi connectivity index (χ2v) is 6.87. The van der Waals surface area contributed by atoms with Gasteiger partial charge in [-0.1, -0.05) is 117 Å². The molecule has 0 spiro atoms. The van der Waals surface area contributed by atoms with Gasteiger partial charge in [-0.25, -0.2) is 4.79 Å². The third-order valence-corrected chi connectivity index (χ3v) is 5.37. The third kappa shape index (κ3) is 9.16. The normalized spacial score (nSPS) is 18.8. The molecule has 0 aromatic heterocycles. The lowest BCUT2D eigenvalue weighted by Crippen LogP contribution is -2.21. The maximum absolute atomic E-state index is 12.4. The van der Waals surface area contributed by atoms with Crippen LogP contribution in [0.2, 0.25) is 0 Å². The van der Waals surface area contributed by atoms with Gasteiger partial charge in [-0.2, -0.15) is 0 Å². The van der Waals surface area contributed by atoms with Crippen molar-refractivity contribution in [3.8, 4) is 11.1 Å². The van der Waals surface area contributed by atoms with Gasteiger partial charge in [-0.05, 0) is 36.3 Å². The van der Waals surface area contributed by atoms with Crippen molar-refractivity contribution in [3.05, 3.63) is 54.6 Å². The van der Waals surface area contributed by atoms with Gasteiger partial charge >= 0.3 is 6.09 Å². The Morgan fingerprint density at radius 3 is 1.81 bits per heavy atom. The number of nitrogens with one attached hydrogen (secondary N) is 1. The standard InChI is InChI=1S/C22H27NO2.3C2H6/c1-3-16-14-19(15-17(16)4-2)25-22(24)23-21-13-9-8-12-20(21)18-10-6-5-7-11-18;3*1-2/h5-13,16-17,19H,3-4,14-15H2,1-2H3,(H,23,24);3*1-2H3. The average molecular weight is 428 g/mol. The number of anilines is 1. The van der Waals surface area contributed by atoms with Crippen LogP contribution in [0.1, 0.15) is 81.1 Å². The Morgan fingerprint density at radius 1 is 0.806 bits per heavy atom. The van der Waals surface area contributed by atoms with Crippen LogP contribution in [0.25, 0.3) is 11.1 Å². The van der Waals surface area contributed by atoms with Crippen LogP contribution in [0, 0.1) is 11.8 Å². The summed E-state index contributed by atoms with van der Waals surface area (Å²) in [6, 6.07) is 17.9. The number of para-hydroxylation sites is 1. The van der Waals surface area contributed by atoms with Crippen LogP contribution in [0.4, 0.5) is 10.5 Å². The molecule has 1 aliphatic carbocycles. The Kier molecular flexibility index (Phi) is 16.1. The number of ether oxygens (including phenoxy) is 1. The predicted octanol–water partition coefficient (Wildman–Crippen LogP) is 9.20. The minimum absolute atomic E-state index is 0.0405. The van der Waals surface area contributed by atoms with E-state index < -0.39 is 0 Å². The molecule has 0 heterocycles. The smallest absolute Gasteiger partial charge is 0.411 e. The highest BCUT2D eigenvalue weighted by Crippen LogP contribution is 2.38. The topological polar surface area (TPSA) is 38.3 Å². The molecule has 1 aliphatic rings. The molecule has 3 heteroatoms. The lowest BCUT2D eigenvalue weighted by atomic mass is 9.92. The predicted molar refractivity (Wildman–Crippen MR) is 137 cm³/mol. The summed E-state index contributed by atoms with van der Waals surface area (Å²) in [5, 5.41) is 2.94. The summed E-state index contributed by atoms with van der Waals surface area (Å²) in [4.78, 5) is 12.4. The van der Waals surface area contributed by atoms with Crippen LogP contribution in [0.15, 0.2) is 54.6 Å². The number of hydrogen-bond donors (Lipinski definition) is 1. The summed E-state index contributed by atoms with van der Waals surface area (Å²) < 4.78 is 5.72. The van der Waals surface area contributed by atoms with Gasteiger partial charge in [0, 0.05) is 5.56 Å². The van der Waals surface area contributed by atoms with E-state index in [-0.39, 0.29) is 12.2 Å². The number of carbonyl (C=O) groups is 1. The van der Waals surface area contributed by atoms with Gasteiger partial charge in [-0.3, -0.25) is 5.32 Å². The minimum atomic E-state index is -0.347. The number of benzene rings is 2. The molecule has 1 saturated carbocycles. The van der Waals surface area contributed by atoms with Crippen molar-refractivity contribution in [2.75, 3.05) is 5.32 Å². The van der Waals surface area contributed by atoms with Crippen LogP contribution in [0.3, 0.4) is 0 Å². The molecule has 0 saturated heterocycles. The van der Waals surface area contributed by atoms with E-state index in [1.807, 2.05) is 96.1 Å². The Bertz CT molecular complexity index is 687. The van der Waals surface area contributed by atoms with Gasteiger partial charge in [0.15, 0.2) is 0 Å². The first kappa shape index (κ1) is 28.7. The van der Waals surface area contributed by atoms with Gasteiger partial charge < -0.3 is 4.74 Å². The van der Waals surface area contributed by atoms with Crippen molar-refractivity contribution in [2.24, 2.45) is 11.8 Å². The molecule has 1 fully saturated rings. The van der Waals surface area contributed by atoms with E-state index >= 15 is 0 Å².